The lowest BCUT2D eigenvalue weighted by Gasteiger charge is -2.38. The summed E-state index contributed by atoms with van der Waals surface area (Å²) in [5.74, 6) is 2.25. The number of nitrogens with zero attached hydrogens (tertiary/aromatic N) is 6. The molecular weight excluding hydrogens is 328 g/mol. The third kappa shape index (κ3) is 3.62. The van der Waals surface area contributed by atoms with Crippen LogP contribution < -0.4 is 9.80 Å². The largest absolute Gasteiger partial charge is 0.374 e. The Morgan fingerprint density at radius 2 is 1.92 bits per heavy atom. The van der Waals surface area contributed by atoms with Crippen LogP contribution >= 0.6 is 0 Å². The molecule has 2 aromatic heterocycles. The molecule has 0 unspecified atom stereocenters. The summed E-state index contributed by atoms with van der Waals surface area (Å²) in [4.78, 5) is 13.7. The highest BCUT2D eigenvalue weighted by Crippen LogP contribution is 2.27. The fourth-order valence-corrected chi connectivity index (χ4v) is 3.70. The Bertz CT molecular complexity index is 720. The maximum absolute atomic E-state index is 6.19. The van der Waals surface area contributed by atoms with Crippen molar-refractivity contribution in [3.05, 3.63) is 35.8 Å². The van der Waals surface area contributed by atoms with Crippen LogP contribution in [0.25, 0.3) is 0 Å². The average Bonchev–Trinajstić information content (AvgIpc) is 2.90. The Balaban J connectivity index is 1.43. The second-order valence-electron chi connectivity index (χ2n) is 7.13. The average molecular weight is 354 g/mol. The van der Waals surface area contributed by atoms with Gasteiger partial charge in [0.05, 0.1) is 18.4 Å². The molecule has 0 saturated carbocycles. The summed E-state index contributed by atoms with van der Waals surface area (Å²) < 4.78 is 6.19. The van der Waals surface area contributed by atoms with Crippen LogP contribution in [-0.2, 0) is 11.2 Å². The smallest absolute Gasteiger partial charge is 0.225 e. The fourth-order valence-electron chi connectivity index (χ4n) is 3.70. The van der Waals surface area contributed by atoms with Crippen molar-refractivity contribution in [2.24, 2.45) is 5.92 Å². The third-order valence-corrected chi connectivity index (χ3v) is 5.33. The molecular formula is C19H26N6O. The zero-order valence-electron chi connectivity index (χ0n) is 15.5. The van der Waals surface area contributed by atoms with Gasteiger partial charge in [-0.3, -0.25) is 0 Å². The Kier molecular flexibility index (Phi) is 4.97. The minimum absolute atomic E-state index is 0.215. The van der Waals surface area contributed by atoms with Gasteiger partial charge in [0.2, 0.25) is 5.95 Å². The van der Waals surface area contributed by atoms with Crippen LogP contribution in [0.15, 0.2) is 24.5 Å². The molecule has 7 heteroatoms. The second-order valence-corrected chi connectivity index (χ2v) is 7.13. The number of aryl methyl sites for hydroxylation is 2. The SMILES string of the molecule is CCc1cnc(N2CCO[C@H]3CN(c4ccc(C)nn4)CC[C@H]3C2)nc1. The Morgan fingerprint density at radius 3 is 2.65 bits per heavy atom. The molecule has 0 radical (unpaired) electrons. The number of ether oxygens (including phenoxy) is 1. The van der Waals surface area contributed by atoms with E-state index in [0.717, 1.165) is 56.5 Å². The summed E-state index contributed by atoms with van der Waals surface area (Å²) in [7, 11) is 0. The van der Waals surface area contributed by atoms with Gasteiger partial charge in [0.25, 0.3) is 0 Å². The molecule has 0 aromatic carbocycles. The quantitative estimate of drug-likeness (QED) is 0.833. The van der Waals surface area contributed by atoms with Crippen molar-refractivity contribution in [1.82, 2.24) is 20.2 Å². The van der Waals surface area contributed by atoms with Gasteiger partial charge in [-0.2, -0.15) is 5.10 Å². The van der Waals surface area contributed by atoms with Crippen molar-refractivity contribution >= 4 is 11.8 Å². The molecule has 0 aliphatic carbocycles. The van der Waals surface area contributed by atoms with Crippen LogP contribution in [0, 0.1) is 12.8 Å². The maximum atomic E-state index is 6.19. The van der Waals surface area contributed by atoms with Gasteiger partial charge in [-0.1, -0.05) is 6.92 Å². The number of fused-ring (bicyclic) bond motifs is 1. The highest BCUT2D eigenvalue weighted by Gasteiger charge is 2.34. The summed E-state index contributed by atoms with van der Waals surface area (Å²) in [5, 5.41) is 8.52. The van der Waals surface area contributed by atoms with Gasteiger partial charge in [0.15, 0.2) is 5.82 Å². The van der Waals surface area contributed by atoms with Crippen molar-refractivity contribution in [2.45, 2.75) is 32.8 Å². The van der Waals surface area contributed by atoms with Gasteiger partial charge in [-0.25, -0.2) is 9.97 Å². The normalized spacial score (nSPS) is 23.5. The van der Waals surface area contributed by atoms with Crippen LogP contribution in [0.1, 0.15) is 24.6 Å². The number of rotatable bonds is 3. The molecule has 2 aromatic rings. The first-order valence-corrected chi connectivity index (χ1v) is 9.45. The van der Waals surface area contributed by atoms with E-state index in [0.29, 0.717) is 12.5 Å². The molecule has 2 aliphatic rings. The maximum Gasteiger partial charge on any atom is 0.225 e. The monoisotopic (exact) mass is 354 g/mol. The molecule has 0 bridgehead atoms. The lowest BCUT2D eigenvalue weighted by Crippen LogP contribution is -2.47. The van der Waals surface area contributed by atoms with E-state index in [4.69, 9.17) is 4.74 Å². The van der Waals surface area contributed by atoms with E-state index in [-0.39, 0.29) is 6.10 Å². The summed E-state index contributed by atoms with van der Waals surface area (Å²) in [6.07, 6.45) is 6.12. The van der Waals surface area contributed by atoms with Crippen LogP contribution in [0.5, 0.6) is 0 Å². The molecule has 26 heavy (non-hydrogen) atoms. The van der Waals surface area contributed by atoms with Crippen LogP contribution in [-0.4, -0.2) is 59.1 Å². The first-order valence-electron chi connectivity index (χ1n) is 9.45. The lowest BCUT2D eigenvalue weighted by atomic mass is 9.93. The van der Waals surface area contributed by atoms with Gasteiger partial charge < -0.3 is 14.5 Å². The van der Waals surface area contributed by atoms with Crippen molar-refractivity contribution in [1.29, 1.82) is 0 Å². The summed E-state index contributed by atoms with van der Waals surface area (Å²) in [6.45, 7) is 8.41. The minimum Gasteiger partial charge on any atom is -0.374 e. The van der Waals surface area contributed by atoms with Crippen LogP contribution in [0.3, 0.4) is 0 Å². The number of anilines is 2. The number of hydrogen-bond acceptors (Lipinski definition) is 7. The van der Waals surface area contributed by atoms with E-state index in [1.165, 1.54) is 5.56 Å². The zero-order chi connectivity index (χ0) is 17.9. The van der Waals surface area contributed by atoms with Gasteiger partial charge in [0, 0.05) is 44.5 Å². The highest BCUT2D eigenvalue weighted by atomic mass is 16.5. The number of piperidine rings is 1. The minimum atomic E-state index is 0.215. The van der Waals surface area contributed by atoms with E-state index in [1.807, 2.05) is 25.4 Å². The molecule has 4 rings (SSSR count). The van der Waals surface area contributed by atoms with E-state index in [2.05, 4.69) is 43.0 Å². The first-order chi connectivity index (χ1) is 12.7. The topological polar surface area (TPSA) is 67.3 Å². The van der Waals surface area contributed by atoms with Gasteiger partial charge in [-0.15, -0.1) is 5.10 Å². The Labute approximate surface area is 154 Å². The van der Waals surface area contributed by atoms with E-state index >= 15 is 0 Å². The Hall–Kier alpha value is -2.28. The molecule has 138 valence electrons. The molecule has 7 nitrogen and oxygen atoms in total. The summed E-state index contributed by atoms with van der Waals surface area (Å²) in [5.41, 5.74) is 2.12. The van der Waals surface area contributed by atoms with Gasteiger partial charge in [-0.05, 0) is 37.5 Å². The predicted octanol–water partition coefficient (Wildman–Crippen LogP) is 1.87. The highest BCUT2D eigenvalue weighted by molar-refractivity contribution is 5.39. The fraction of sp³-hybridized carbons (Fsp3) is 0.579. The van der Waals surface area contributed by atoms with Crippen molar-refractivity contribution in [2.75, 3.05) is 42.6 Å². The van der Waals surface area contributed by atoms with Crippen molar-refractivity contribution < 1.29 is 4.74 Å². The predicted molar refractivity (Wildman–Crippen MR) is 100 cm³/mol. The first kappa shape index (κ1) is 17.1. The van der Waals surface area contributed by atoms with Crippen LogP contribution in [0.2, 0.25) is 0 Å². The van der Waals surface area contributed by atoms with Gasteiger partial charge in [0.1, 0.15) is 0 Å². The third-order valence-electron chi connectivity index (χ3n) is 5.33. The zero-order valence-corrected chi connectivity index (χ0v) is 15.5. The number of hydrogen-bond donors (Lipinski definition) is 0. The second kappa shape index (κ2) is 7.53. The molecule has 4 heterocycles. The summed E-state index contributed by atoms with van der Waals surface area (Å²) in [6, 6.07) is 4.07. The van der Waals surface area contributed by atoms with E-state index in [1.54, 1.807) is 0 Å². The summed E-state index contributed by atoms with van der Waals surface area (Å²) >= 11 is 0. The van der Waals surface area contributed by atoms with Gasteiger partial charge >= 0.3 is 0 Å². The van der Waals surface area contributed by atoms with E-state index < -0.39 is 0 Å². The van der Waals surface area contributed by atoms with Crippen LogP contribution in [0.4, 0.5) is 11.8 Å². The number of aromatic nitrogens is 4. The standard InChI is InChI=1S/C19H26N6O/c1-3-15-10-20-19(21-11-15)25-8-9-26-17-13-24(7-6-16(17)12-25)18-5-4-14(2)22-23-18/h4-5,10-11,16-17H,3,6-9,12-13H2,1-2H3/t16-,17-/m0/s1. The molecule has 0 spiro atoms. The molecule has 0 amide bonds. The molecule has 2 aliphatic heterocycles. The van der Waals surface area contributed by atoms with E-state index in [9.17, 15) is 0 Å². The molecule has 2 fully saturated rings. The lowest BCUT2D eigenvalue weighted by molar-refractivity contribution is 0.0251. The Morgan fingerprint density at radius 1 is 1.08 bits per heavy atom. The molecule has 2 saturated heterocycles. The molecule has 2 atom stereocenters. The van der Waals surface area contributed by atoms with Crippen molar-refractivity contribution in [3.8, 4) is 0 Å². The van der Waals surface area contributed by atoms with Crippen molar-refractivity contribution in [3.63, 3.8) is 0 Å². The molecule has 0 N–H and O–H groups in total.